The van der Waals surface area contributed by atoms with Gasteiger partial charge < -0.3 is 10.6 Å². The topological polar surface area (TPSA) is 46.3 Å². The number of carbonyl (C=O) groups excluding carboxylic acids is 1. The fraction of sp³-hybridized carbons (Fsp3) is 0.417. The van der Waals surface area contributed by atoms with Crippen LogP contribution in [0.25, 0.3) is 0 Å². The van der Waals surface area contributed by atoms with Gasteiger partial charge >= 0.3 is 0 Å². The van der Waals surface area contributed by atoms with Crippen molar-refractivity contribution in [2.75, 3.05) is 12.3 Å². The fourth-order valence-corrected chi connectivity index (χ4v) is 2.10. The van der Waals surface area contributed by atoms with Gasteiger partial charge in [-0.3, -0.25) is 4.79 Å². The molecule has 1 aliphatic heterocycles. The highest BCUT2D eigenvalue weighted by Gasteiger charge is 2.19. The predicted molar refractivity (Wildman–Crippen MR) is 60.2 cm³/mol. The number of benzene rings is 1. The highest BCUT2D eigenvalue weighted by Crippen LogP contribution is 2.26. The lowest BCUT2D eigenvalue weighted by Crippen LogP contribution is -2.28. The first-order valence-electron chi connectivity index (χ1n) is 5.41. The van der Waals surface area contributed by atoms with E-state index in [2.05, 4.69) is 0 Å². The zero-order valence-corrected chi connectivity index (χ0v) is 9.29. The lowest BCUT2D eigenvalue weighted by Gasteiger charge is -2.19. The maximum atomic E-state index is 13.3. The molecule has 16 heavy (non-hydrogen) atoms. The molecule has 0 unspecified atom stereocenters. The van der Waals surface area contributed by atoms with E-state index in [9.17, 15) is 9.18 Å². The van der Waals surface area contributed by atoms with E-state index in [0.717, 1.165) is 24.0 Å². The number of nitrogen functional groups attached to an aromatic ring is 1. The van der Waals surface area contributed by atoms with Crippen molar-refractivity contribution < 1.29 is 9.18 Å². The number of amides is 1. The van der Waals surface area contributed by atoms with Crippen LogP contribution in [0.5, 0.6) is 0 Å². The first kappa shape index (κ1) is 10.9. The second-order valence-electron chi connectivity index (χ2n) is 4.14. The maximum Gasteiger partial charge on any atom is 0.219 e. The zero-order chi connectivity index (χ0) is 11.7. The molecule has 0 bridgehead atoms. The van der Waals surface area contributed by atoms with Gasteiger partial charge in [-0.05, 0) is 24.5 Å². The number of hydrogen-bond donors (Lipinski definition) is 1. The summed E-state index contributed by atoms with van der Waals surface area (Å²) in [6.07, 6.45) is 1.75. The third-order valence-electron chi connectivity index (χ3n) is 3.07. The second-order valence-corrected chi connectivity index (χ2v) is 4.14. The number of rotatable bonds is 0. The van der Waals surface area contributed by atoms with Crippen LogP contribution < -0.4 is 5.73 Å². The summed E-state index contributed by atoms with van der Waals surface area (Å²) < 4.78 is 13.3. The highest BCUT2D eigenvalue weighted by molar-refractivity contribution is 5.73. The molecule has 0 radical (unpaired) electrons. The Labute approximate surface area is 94.0 Å². The zero-order valence-electron chi connectivity index (χ0n) is 9.29. The van der Waals surface area contributed by atoms with Crippen molar-refractivity contribution in [1.82, 2.24) is 4.90 Å². The van der Waals surface area contributed by atoms with Crippen molar-refractivity contribution in [3.05, 3.63) is 29.1 Å². The Morgan fingerprint density at radius 2 is 2.25 bits per heavy atom. The minimum atomic E-state index is -0.399. The number of halogens is 1. The summed E-state index contributed by atoms with van der Waals surface area (Å²) in [4.78, 5) is 13.1. The van der Waals surface area contributed by atoms with Crippen LogP contribution in [0.4, 0.5) is 10.1 Å². The Morgan fingerprint density at radius 3 is 2.94 bits per heavy atom. The molecular weight excluding hydrogens is 207 g/mol. The van der Waals surface area contributed by atoms with Gasteiger partial charge in [0.05, 0.1) is 5.69 Å². The molecule has 1 amide bonds. The van der Waals surface area contributed by atoms with Crippen LogP contribution in [-0.2, 0) is 17.8 Å². The molecule has 2 rings (SSSR count). The molecule has 1 heterocycles. The number of anilines is 1. The Bertz CT molecular complexity index is 431. The molecule has 4 heteroatoms. The van der Waals surface area contributed by atoms with E-state index in [1.807, 2.05) is 0 Å². The minimum Gasteiger partial charge on any atom is -0.396 e. The van der Waals surface area contributed by atoms with Gasteiger partial charge in [0, 0.05) is 25.6 Å². The summed E-state index contributed by atoms with van der Waals surface area (Å²) in [6, 6.07) is 3.17. The molecule has 0 aliphatic carbocycles. The molecule has 0 atom stereocenters. The largest absolute Gasteiger partial charge is 0.396 e. The van der Waals surface area contributed by atoms with Crippen LogP contribution in [0.3, 0.4) is 0 Å². The van der Waals surface area contributed by atoms with Crippen molar-refractivity contribution in [2.24, 2.45) is 0 Å². The SMILES string of the molecule is CC(=O)N1CCCc2ccc(F)c(N)c2C1. The summed E-state index contributed by atoms with van der Waals surface area (Å²) in [6.45, 7) is 2.67. The van der Waals surface area contributed by atoms with Crippen LogP contribution in [0.2, 0.25) is 0 Å². The van der Waals surface area contributed by atoms with Gasteiger partial charge in [-0.2, -0.15) is 0 Å². The van der Waals surface area contributed by atoms with Gasteiger partial charge in [-0.15, -0.1) is 0 Å². The molecule has 3 nitrogen and oxygen atoms in total. The predicted octanol–water partition coefficient (Wildman–Crippen LogP) is 1.70. The van der Waals surface area contributed by atoms with E-state index >= 15 is 0 Å². The quantitative estimate of drug-likeness (QED) is 0.679. The van der Waals surface area contributed by atoms with Crippen molar-refractivity contribution in [3.63, 3.8) is 0 Å². The smallest absolute Gasteiger partial charge is 0.219 e. The molecule has 0 saturated heterocycles. The van der Waals surface area contributed by atoms with E-state index in [1.54, 1.807) is 11.0 Å². The molecule has 0 saturated carbocycles. The molecule has 0 fully saturated rings. The van der Waals surface area contributed by atoms with Crippen LogP contribution >= 0.6 is 0 Å². The van der Waals surface area contributed by atoms with Gasteiger partial charge in [-0.1, -0.05) is 6.07 Å². The van der Waals surface area contributed by atoms with Crippen molar-refractivity contribution in [1.29, 1.82) is 0 Å². The summed E-state index contributed by atoms with van der Waals surface area (Å²) in [5.41, 5.74) is 7.74. The second kappa shape index (κ2) is 4.12. The van der Waals surface area contributed by atoms with Crippen molar-refractivity contribution >= 4 is 11.6 Å². The van der Waals surface area contributed by atoms with Crippen LogP contribution in [0.15, 0.2) is 12.1 Å². The lowest BCUT2D eigenvalue weighted by molar-refractivity contribution is -0.129. The van der Waals surface area contributed by atoms with Gasteiger partial charge in [0.15, 0.2) is 0 Å². The molecule has 0 spiro atoms. The van der Waals surface area contributed by atoms with Gasteiger partial charge in [-0.25, -0.2) is 4.39 Å². The van der Waals surface area contributed by atoms with E-state index < -0.39 is 5.82 Å². The molecular formula is C12H15FN2O. The fourth-order valence-electron chi connectivity index (χ4n) is 2.10. The van der Waals surface area contributed by atoms with E-state index in [-0.39, 0.29) is 11.6 Å². The first-order valence-corrected chi connectivity index (χ1v) is 5.41. The average Bonchev–Trinajstić information content (AvgIpc) is 2.46. The minimum absolute atomic E-state index is 0.0107. The monoisotopic (exact) mass is 222 g/mol. The number of hydrogen-bond acceptors (Lipinski definition) is 2. The number of aryl methyl sites for hydroxylation is 1. The summed E-state index contributed by atoms with van der Waals surface area (Å²) in [7, 11) is 0. The molecule has 1 aromatic carbocycles. The third kappa shape index (κ3) is 1.87. The Kier molecular flexibility index (Phi) is 2.81. The molecule has 1 aromatic rings. The summed E-state index contributed by atoms with van der Waals surface area (Å²) in [5, 5.41) is 0. The Morgan fingerprint density at radius 1 is 1.50 bits per heavy atom. The molecule has 1 aliphatic rings. The van der Waals surface area contributed by atoms with Gasteiger partial charge in [0.25, 0.3) is 0 Å². The van der Waals surface area contributed by atoms with E-state index in [4.69, 9.17) is 5.73 Å². The summed E-state index contributed by atoms with van der Waals surface area (Å²) >= 11 is 0. The number of nitrogens with two attached hydrogens (primary N) is 1. The molecule has 86 valence electrons. The number of nitrogens with zero attached hydrogens (tertiary/aromatic N) is 1. The Hall–Kier alpha value is -1.58. The van der Waals surface area contributed by atoms with Crippen LogP contribution in [-0.4, -0.2) is 17.4 Å². The number of fused-ring (bicyclic) bond motifs is 1. The third-order valence-corrected chi connectivity index (χ3v) is 3.07. The van der Waals surface area contributed by atoms with Crippen LogP contribution in [0, 0.1) is 5.82 Å². The molecule has 0 aromatic heterocycles. The standard InChI is InChI=1S/C12H15FN2O/c1-8(16)15-6-2-3-9-4-5-11(13)12(14)10(9)7-15/h4-5H,2-3,6-7,14H2,1H3. The van der Waals surface area contributed by atoms with Gasteiger partial charge in [0.2, 0.25) is 5.91 Å². The summed E-state index contributed by atoms with van der Waals surface area (Å²) in [5.74, 6) is -0.388. The Balaban J connectivity index is 2.41. The first-order chi connectivity index (χ1) is 7.59. The van der Waals surface area contributed by atoms with Crippen LogP contribution in [0.1, 0.15) is 24.5 Å². The van der Waals surface area contributed by atoms with Crippen molar-refractivity contribution in [3.8, 4) is 0 Å². The van der Waals surface area contributed by atoms with Crippen molar-refractivity contribution in [2.45, 2.75) is 26.3 Å². The number of carbonyl (C=O) groups is 1. The van der Waals surface area contributed by atoms with E-state index in [1.165, 1.54) is 13.0 Å². The van der Waals surface area contributed by atoms with Gasteiger partial charge in [0.1, 0.15) is 5.82 Å². The molecule has 2 N–H and O–H groups in total. The maximum absolute atomic E-state index is 13.3. The lowest BCUT2D eigenvalue weighted by atomic mass is 10.0. The van der Waals surface area contributed by atoms with E-state index in [0.29, 0.717) is 13.1 Å². The normalized spacial score (nSPS) is 15.5. The highest BCUT2D eigenvalue weighted by atomic mass is 19.1. The average molecular weight is 222 g/mol.